The lowest BCUT2D eigenvalue weighted by molar-refractivity contribution is 0.201. The second-order valence-electron chi connectivity index (χ2n) is 7.55. The Balaban J connectivity index is 2.02. The third-order valence-electron chi connectivity index (χ3n) is 4.65. The van der Waals surface area contributed by atoms with Gasteiger partial charge in [-0.2, -0.15) is 0 Å². The van der Waals surface area contributed by atoms with E-state index < -0.39 is 21.9 Å². The van der Waals surface area contributed by atoms with Gasteiger partial charge < -0.3 is 9.67 Å². The molecule has 0 spiro atoms. The van der Waals surface area contributed by atoms with Crippen molar-refractivity contribution in [1.82, 2.24) is 14.3 Å². The maximum Gasteiger partial charge on any atom is 0.418 e. The van der Waals surface area contributed by atoms with Crippen LogP contribution < -0.4 is 4.72 Å². The van der Waals surface area contributed by atoms with E-state index in [0.717, 1.165) is 28.5 Å². The van der Waals surface area contributed by atoms with E-state index in [-0.39, 0.29) is 15.7 Å². The van der Waals surface area contributed by atoms with Crippen molar-refractivity contribution >= 4 is 27.5 Å². The molecule has 0 fully saturated rings. The second-order valence-corrected chi connectivity index (χ2v) is 10.6. The zero-order valence-corrected chi connectivity index (χ0v) is 19.1. The number of hydrogen-bond donors (Lipinski definition) is 2. The van der Waals surface area contributed by atoms with Crippen molar-refractivity contribution in [1.29, 1.82) is 0 Å². The molecular formula is C21H24FN3O4S2. The minimum Gasteiger partial charge on any atom is -0.464 e. The number of thiophene rings is 1. The topological polar surface area (TPSA) is 101 Å². The monoisotopic (exact) mass is 465 g/mol. The molecule has 0 saturated carbocycles. The Hall–Kier alpha value is -2.72. The van der Waals surface area contributed by atoms with Crippen LogP contribution in [0, 0.1) is 11.7 Å². The predicted octanol–water partition coefficient (Wildman–Crippen LogP) is 4.52. The van der Waals surface area contributed by atoms with Gasteiger partial charge in [-0.25, -0.2) is 27.3 Å². The summed E-state index contributed by atoms with van der Waals surface area (Å²) >= 11 is 1.00. The van der Waals surface area contributed by atoms with E-state index in [0.29, 0.717) is 24.1 Å². The first-order chi connectivity index (χ1) is 14.6. The number of aromatic nitrogens is 2. The molecule has 166 valence electrons. The van der Waals surface area contributed by atoms with E-state index in [4.69, 9.17) is 5.11 Å². The van der Waals surface area contributed by atoms with Crippen LogP contribution in [-0.4, -0.2) is 29.2 Å². The maximum atomic E-state index is 14.9. The number of carboxylic acid groups (broad SMARTS) is 1. The third kappa shape index (κ3) is 5.31. The number of carbonyl (C=O) groups is 1. The summed E-state index contributed by atoms with van der Waals surface area (Å²) in [5.41, 5.74) is 1.11. The average molecular weight is 466 g/mol. The minimum atomic E-state index is -4.29. The number of nitrogens with one attached hydrogen (secondary N) is 1. The Labute approximate surface area is 184 Å². The fourth-order valence-corrected chi connectivity index (χ4v) is 6.11. The number of nitrogens with zero attached hydrogens (tertiary/aromatic N) is 2. The number of aryl methyl sites for hydroxylation is 1. The fraction of sp³-hybridized carbons (Fsp3) is 0.333. The van der Waals surface area contributed by atoms with E-state index >= 15 is 0 Å². The van der Waals surface area contributed by atoms with Gasteiger partial charge in [0.25, 0.3) is 10.0 Å². The number of hydrogen-bond acceptors (Lipinski definition) is 5. The lowest BCUT2D eigenvalue weighted by atomic mass is 10.0. The quantitative estimate of drug-likeness (QED) is 0.509. The second kappa shape index (κ2) is 9.19. The van der Waals surface area contributed by atoms with E-state index in [1.807, 2.05) is 25.3 Å². The molecule has 0 aliphatic carbocycles. The summed E-state index contributed by atoms with van der Waals surface area (Å²) in [6.45, 7) is 6.27. The van der Waals surface area contributed by atoms with Crippen molar-refractivity contribution in [2.75, 3.05) is 0 Å². The lowest BCUT2D eigenvalue weighted by Gasteiger charge is -2.10. The summed E-state index contributed by atoms with van der Waals surface area (Å²) in [4.78, 5) is 16.0. The van der Waals surface area contributed by atoms with Crippen LogP contribution in [-0.2, 0) is 29.4 Å². The number of rotatable bonds is 8. The predicted molar refractivity (Wildman–Crippen MR) is 117 cm³/mol. The van der Waals surface area contributed by atoms with E-state index in [1.54, 1.807) is 35.3 Å². The molecule has 2 N–H and O–H groups in total. The SMILES string of the molecule is CCc1nccn1Cc1ccc(-c2cc(CC(C)C)sc2S(=O)(=O)NC(=O)O)cc1F. The van der Waals surface area contributed by atoms with Crippen molar-refractivity contribution < 1.29 is 22.7 Å². The number of benzene rings is 1. The molecule has 0 radical (unpaired) electrons. The van der Waals surface area contributed by atoms with Gasteiger partial charge in [0.2, 0.25) is 0 Å². The Morgan fingerprint density at radius 2 is 2.06 bits per heavy atom. The van der Waals surface area contributed by atoms with Crippen molar-refractivity contribution in [3.05, 3.63) is 58.7 Å². The molecule has 10 heteroatoms. The normalized spacial score (nSPS) is 11.8. The zero-order valence-electron chi connectivity index (χ0n) is 17.4. The molecule has 2 heterocycles. The molecule has 1 amide bonds. The fourth-order valence-electron chi connectivity index (χ4n) is 3.31. The van der Waals surface area contributed by atoms with E-state index in [9.17, 15) is 17.6 Å². The molecule has 1 aromatic carbocycles. The smallest absolute Gasteiger partial charge is 0.418 e. The summed E-state index contributed by atoms with van der Waals surface area (Å²) in [6.07, 6.45) is 3.13. The summed E-state index contributed by atoms with van der Waals surface area (Å²) in [6, 6.07) is 6.26. The minimum absolute atomic E-state index is 0.138. The molecule has 31 heavy (non-hydrogen) atoms. The Morgan fingerprint density at radius 1 is 1.32 bits per heavy atom. The van der Waals surface area contributed by atoms with Crippen LogP contribution in [0.25, 0.3) is 11.1 Å². The Bertz CT molecular complexity index is 1200. The molecule has 0 saturated heterocycles. The van der Waals surface area contributed by atoms with E-state index in [1.165, 1.54) is 6.07 Å². The van der Waals surface area contributed by atoms with Crippen molar-refractivity contribution in [2.45, 2.75) is 44.4 Å². The van der Waals surface area contributed by atoms with Crippen LogP contribution in [0.3, 0.4) is 0 Å². The molecular weight excluding hydrogens is 441 g/mol. The molecule has 0 aliphatic heterocycles. The molecule has 7 nitrogen and oxygen atoms in total. The molecule has 0 unspecified atom stereocenters. The lowest BCUT2D eigenvalue weighted by Crippen LogP contribution is -2.28. The van der Waals surface area contributed by atoms with E-state index in [2.05, 4.69) is 4.98 Å². The van der Waals surface area contributed by atoms with Crippen LogP contribution in [0.1, 0.15) is 37.0 Å². The standard InChI is InChI=1S/C21H24FN3O4S2/c1-4-19-23-7-8-25(19)12-15-6-5-14(10-18(15)22)17-11-16(9-13(2)3)30-20(17)31(28,29)24-21(26)27/h5-8,10-11,13,24H,4,9,12H2,1-3H3,(H,26,27). The van der Waals surface area contributed by atoms with Gasteiger partial charge in [-0.05, 0) is 30.0 Å². The zero-order chi connectivity index (χ0) is 22.8. The van der Waals surface area contributed by atoms with Crippen molar-refractivity contribution in [2.24, 2.45) is 5.92 Å². The van der Waals surface area contributed by atoms with Gasteiger partial charge in [-0.1, -0.05) is 32.9 Å². The number of imidazole rings is 1. The van der Waals surface area contributed by atoms with Crippen LogP contribution in [0.2, 0.25) is 0 Å². The molecule has 0 aliphatic rings. The van der Waals surface area contributed by atoms with Gasteiger partial charge >= 0.3 is 6.09 Å². The molecule has 0 atom stereocenters. The molecule has 0 bridgehead atoms. The molecule has 3 rings (SSSR count). The van der Waals surface area contributed by atoms with Gasteiger partial charge in [0.05, 0.1) is 6.54 Å². The van der Waals surface area contributed by atoms with Gasteiger partial charge in [0, 0.05) is 34.8 Å². The van der Waals surface area contributed by atoms with Crippen LogP contribution >= 0.6 is 11.3 Å². The highest BCUT2D eigenvalue weighted by Crippen LogP contribution is 2.37. The first kappa shape index (κ1) is 23.0. The van der Waals surface area contributed by atoms with Gasteiger partial charge in [0.15, 0.2) is 0 Å². The average Bonchev–Trinajstić information content (AvgIpc) is 3.29. The highest BCUT2D eigenvalue weighted by molar-refractivity contribution is 7.92. The van der Waals surface area contributed by atoms with Crippen LogP contribution in [0.4, 0.5) is 9.18 Å². The van der Waals surface area contributed by atoms with Gasteiger partial charge in [-0.15, -0.1) is 11.3 Å². The summed E-state index contributed by atoms with van der Waals surface area (Å²) in [5.74, 6) is 0.642. The number of amides is 1. The van der Waals surface area contributed by atoms with Gasteiger partial charge in [-0.3, -0.25) is 0 Å². The first-order valence-corrected chi connectivity index (χ1v) is 12.1. The highest BCUT2D eigenvalue weighted by atomic mass is 32.2. The molecule has 3 aromatic rings. The number of sulfonamides is 1. The van der Waals surface area contributed by atoms with Crippen LogP contribution in [0.15, 0.2) is 40.9 Å². The number of halogens is 1. The Kier molecular flexibility index (Phi) is 6.80. The first-order valence-electron chi connectivity index (χ1n) is 9.78. The van der Waals surface area contributed by atoms with Crippen LogP contribution in [0.5, 0.6) is 0 Å². The largest absolute Gasteiger partial charge is 0.464 e. The summed E-state index contributed by atoms with van der Waals surface area (Å²) in [7, 11) is -4.29. The summed E-state index contributed by atoms with van der Waals surface area (Å²) < 4.78 is 43.4. The maximum absolute atomic E-state index is 14.9. The van der Waals surface area contributed by atoms with Crippen molar-refractivity contribution in [3.63, 3.8) is 0 Å². The van der Waals surface area contributed by atoms with Gasteiger partial charge in [0.1, 0.15) is 15.9 Å². The molecule has 2 aromatic heterocycles. The highest BCUT2D eigenvalue weighted by Gasteiger charge is 2.26. The van der Waals surface area contributed by atoms with Crippen molar-refractivity contribution in [3.8, 4) is 11.1 Å². The Morgan fingerprint density at radius 3 is 2.68 bits per heavy atom. The third-order valence-corrected chi connectivity index (χ3v) is 7.66. The summed E-state index contributed by atoms with van der Waals surface area (Å²) in [5, 5.41) is 8.92.